The van der Waals surface area contributed by atoms with Gasteiger partial charge < -0.3 is 0 Å². The number of hydrogen-bond donors (Lipinski definition) is 0. The fraction of sp³-hybridized carbons (Fsp3) is 0.0263. The van der Waals surface area contributed by atoms with E-state index in [1.807, 2.05) is 42.6 Å². The van der Waals surface area contributed by atoms with Crippen LogP contribution in [-0.2, 0) is 6.54 Å². The molecule has 0 N–H and O–H groups in total. The molecule has 0 fully saturated rings. The van der Waals surface area contributed by atoms with Crippen molar-refractivity contribution in [3.05, 3.63) is 169 Å². The molecule has 6 aromatic rings. The Kier molecular flexibility index (Phi) is 7.68. The molecule has 3 heteroatoms. The Bertz CT molecular complexity index is 1850. The number of rotatable bonds is 8. The summed E-state index contributed by atoms with van der Waals surface area (Å²) in [6.07, 6.45) is 5.68. The number of nitrogens with zero attached hydrogens (tertiary/aromatic N) is 3. The van der Waals surface area contributed by atoms with Gasteiger partial charge >= 0.3 is 0 Å². The highest BCUT2D eigenvalue weighted by atomic mass is 14.8. The molecule has 1 heterocycles. The standard InChI is InChI=1S/C38H29N3/c1-39-37(35-14-7-13-33(24-35)36-15-8-22-40-27-36)25-38(41-26-28-9-3-2-4-10-28)31-19-16-30(17-20-31)34-21-18-29-11-5-6-12-32(29)23-34/h2-25,27H,1,26H2/b37-25-,41-38+. The number of fused-ring (bicyclic) bond motifs is 1. The van der Waals surface area contributed by atoms with Crippen LogP contribution < -0.4 is 0 Å². The van der Waals surface area contributed by atoms with Gasteiger partial charge in [0.1, 0.15) is 0 Å². The van der Waals surface area contributed by atoms with Crippen LogP contribution in [-0.4, -0.2) is 17.4 Å². The Hall–Kier alpha value is -5.41. The van der Waals surface area contributed by atoms with Crippen molar-refractivity contribution >= 4 is 28.9 Å². The van der Waals surface area contributed by atoms with Crippen LogP contribution in [0.3, 0.4) is 0 Å². The van der Waals surface area contributed by atoms with Crippen molar-refractivity contribution in [3.63, 3.8) is 0 Å². The summed E-state index contributed by atoms with van der Waals surface area (Å²) in [6, 6.07) is 46.2. The van der Waals surface area contributed by atoms with Gasteiger partial charge in [-0.3, -0.25) is 15.0 Å². The van der Waals surface area contributed by atoms with Crippen LogP contribution in [0.1, 0.15) is 16.7 Å². The third-order valence-corrected chi connectivity index (χ3v) is 7.14. The summed E-state index contributed by atoms with van der Waals surface area (Å²) in [5.74, 6) is 0. The third-order valence-electron chi connectivity index (χ3n) is 7.14. The lowest BCUT2D eigenvalue weighted by atomic mass is 9.98. The molecule has 6 rings (SSSR count). The van der Waals surface area contributed by atoms with Gasteiger partial charge in [-0.15, -0.1) is 0 Å². The van der Waals surface area contributed by atoms with Gasteiger partial charge in [0.25, 0.3) is 0 Å². The molecule has 0 amide bonds. The molecule has 0 spiro atoms. The summed E-state index contributed by atoms with van der Waals surface area (Å²) in [6.45, 7) is 4.47. The van der Waals surface area contributed by atoms with Crippen LogP contribution in [0, 0.1) is 0 Å². The van der Waals surface area contributed by atoms with Crippen LogP contribution in [0.25, 0.3) is 38.7 Å². The van der Waals surface area contributed by atoms with Gasteiger partial charge in [0.05, 0.1) is 18.0 Å². The second-order valence-electron chi connectivity index (χ2n) is 9.84. The summed E-state index contributed by atoms with van der Waals surface area (Å²) in [7, 11) is 0. The highest BCUT2D eigenvalue weighted by Gasteiger charge is 2.09. The van der Waals surface area contributed by atoms with E-state index in [2.05, 4.69) is 120 Å². The van der Waals surface area contributed by atoms with Crippen LogP contribution in [0.5, 0.6) is 0 Å². The van der Waals surface area contributed by atoms with Crippen molar-refractivity contribution in [1.29, 1.82) is 0 Å². The van der Waals surface area contributed by atoms with Crippen molar-refractivity contribution in [2.75, 3.05) is 0 Å². The first-order chi connectivity index (χ1) is 20.3. The first kappa shape index (κ1) is 25.8. The molecule has 5 aromatic carbocycles. The monoisotopic (exact) mass is 527 g/mol. The third kappa shape index (κ3) is 6.10. The van der Waals surface area contributed by atoms with E-state index >= 15 is 0 Å². The molecule has 0 atom stereocenters. The predicted molar refractivity (Wildman–Crippen MR) is 173 cm³/mol. The fourth-order valence-corrected chi connectivity index (χ4v) is 4.92. The van der Waals surface area contributed by atoms with Crippen molar-refractivity contribution in [2.45, 2.75) is 6.54 Å². The van der Waals surface area contributed by atoms with Crippen molar-refractivity contribution in [2.24, 2.45) is 9.98 Å². The van der Waals surface area contributed by atoms with Gasteiger partial charge in [0.2, 0.25) is 0 Å². The van der Waals surface area contributed by atoms with Crippen LogP contribution >= 0.6 is 0 Å². The van der Waals surface area contributed by atoms with Crippen molar-refractivity contribution < 1.29 is 0 Å². The Labute approximate surface area is 240 Å². The van der Waals surface area contributed by atoms with Gasteiger partial charge in [-0.2, -0.15) is 0 Å². The summed E-state index contributed by atoms with van der Waals surface area (Å²) in [4.78, 5) is 13.7. The first-order valence-electron chi connectivity index (χ1n) is 13.6. The average molecular weight is 528 g/mol. The van der Waals surface area contributed by atoms with E-state index in [1.54, 1.807) is 6.20 Å². The molecular weight excluding hydrogens is 498 g/mol. The minimum atomic E-state index is 0.569. The number of aromatic nitrogens is 1. The molecule has 0 radical (unpaired) electrons. The number of allylic oxidation sites excluding steroid dienone is 1. The summed E-state index contributed by atoms with van der Waals surface area (Å²) in [5.41, 5.74) is 9.25. The lowest BCUT2D eigenvalue weighted by Gasteiger charge is -2.10. The fourth-order valence-electron chi connectivity index (χ4n) is 4.92. The average Bonchev–Trinajstić information content (AvgIpc) is 3.06. The van der Waals surface area contributed by atoms with Gasteiger partial charge in [0.15, 0.2) is 0 Å². The summed E-state index contributed by atoms with van der Waals surface area (Å²) < 4.78 is 0. The number of benzene rings is 5. The highest BCUT2D eigenvalue weighted by molar-refractivity contribution is 6.12. The number of hydrogen-bond acceptors (Lipinski definition) is 3. The smallest absolute Gasteiger partial charge is 0.0716 e. The molecule has 0 aliphatic carbocycles. The molecule has 1 aromatic heterocycles. The maximum atomic E-state index is 5.04. The molecule has 0 saturated carbocycles. The maximum absolute atomic E-state index is 5.04. The van der Waals surface area contributed by atoms with Crippen LogP contribution in [0.15, 0.2) is 162 Å². The number of pyridine rings is 1. The largest absolute Gasteiger partial charge is 0.280 e. The molecule has 0 bridgehead atoms. The minimum Gasteiger partial charge on any atom is -0.280 e. The normalized spacial score (nSPS) is 11.9. The summed E-state index contributed by atoms with van der Waals surface area (Å²) >= 11 is 0. The Balaban J connectivity index is 1.37. The van der Waals surface area contributed by atoms with Gasteiger partial charge in [-0.25, -0.2) is 0 Å². The van der Waals surface area contributed by atoms with E-state index in [1.165, 1.54) is 16.3 Å². The van der Waals surface area contributed by atoms with Gasteiger partial charge in [0, 0.05) is 23.5 Å². The van der Waals surface area contributed by atoms with E-state index < -0.39 is 0 Å². The topological polar surface area (TPSA) is 37.6 Å². The predicted octanol–water partition coefficient (Wildman–Crippen LogP) is 9.30. The van der Waals surface area contributed by atoms with E-state index in [4.69, 9.17) is 4.99 Å². The zero-order chi connectivity index (χ0) is 27.9. The van der Waals surface area contributed by atoms with Gasteiger partial charge in [-0.1, -0.05) is 115 Å². The van der Waals surface area contributed by atoms with E-state index in [0.29, 0.717) is 6.54 Å². The second kappa shape index (κ2) is 12.2. The maximum Gasteiger partial charge on any atom is 0.0716 e. The number of aliphatic imine (C=N–C) groups is 2. The van der Waals surface area contributed by atoms with Crippen molar-refractivity contribution in [1.82, 2.24) is 4.98 Å². The Morgan fingerprint density at radius 3 is 2.12 bits per heavy atom. The van der Waals surface area contributed by atoms with Gasteiger partial charge in [-0.05, 0) is 69.6 Å². The molecule has 0 saturated heterocycles. The molecule has 196 valence electrons. The quantitative estimate of drug-likeness (QED) is 0.182. The van der Waals surface area contributed by atoms with E-state index in [9.17, 15) is 0 Å². The van der Waals surface area contributed by atoms with E-state index in [-0.39, 0.29) is 0 Å². The zero-order valence-electron chi connectivity index (χ0n) is 22.7. The van der Waals surface area contributed by atoms with Crippen LogP contribution in [0.4, 0.5) is 0 Å². The molecule has 0 aliphatic heterocycles. The Morgan fingerprint density at radius 2 is 1.34 bits per heavy atom. The lowest BCUT2D eigenvalue weighted by molar-refractivity contribution is 1.07. The minimum absolute atomic E-state index is 0.569. The SMILES string of the molecule is C=N/C(=C\C(=N/Cc1ccccc1)c1ccc(-c2ccc3ccccc3c2)cc1)c1cccc(-c2cccnc2)c1. The molecule has 0 unspecified atom stereocenters. The first-order valence-corrected chi connectivity index (χ1v) is 13.6. The Morgan fingerprint density at radius 1 is 0.610 bits per heavy atom. The van der Waals surface area contributed by atoms with Crippen LogP contribution in [0.2, 0.25) is 0 Å². The highest BCUT2D eigenvalue weighted by Crippen LogP contribution is 2.27. The summed E-state index contributed by atoms with van der Waals surface area (Å²) in [5, 5.41) is 2.47. The zero-order valence-corrected chi connectivity index (χ0v) is 22.7. The van der Waals surface area contributed by atoms with Crippen molar-refractivity contribution in [3.8, 4) is 22.3 Å². The molecular formula is C38H29N3. The second-order valence-corrected chi connectivity index (χ2v) is 9.84. The molecule has 41 heavy (non-hydrogen) atoms. The van der Waals surface area contributed by atoms with E-state index in [0.717, 1.165) is 44.8 Å². The molecule has 0 aliphatic rings. The molecule has 3 nitrogen and oxygen atoms in total. The lowest BCUT2D eigenvalue weighted by Crippen LogP contribution is -2.00.